The summed E-state index contributed by atoms with van der Waals surface area (Å²) < 4.78 is 0. The van der Waals surface area contributed by atoms with Gasteiger partial charge >= 0.3 is 0 Å². The van der Waals surface area contributed by atoms with Crippen LogP contribution in [0.25, 0.3) is 0 Å². The van der Waals surface area contributed by atoms with Crippen LogP contribution in [-0.4, -0.2) is 0 Å². The molecule has 0 heteroatoms. The van der Waals surface area contributed by atoms with Crippen LogP contribution in [0.5, 0.6) is 0 Å². The van der Waals surface area contributed by atoms with Crippen LogP contribution in [-0.2, 0) is 0 Å². The summed E-state index contributed by atoms with van der Waals surface area (Å²) >= 11 is 0. The van der Waals surface area contributed by atoms with E-state index in [1.807, 2.05) is 13.8 Å². The quantitative estimate of drug-likeness (QED) is 0.436. The van der Waals surface area contributed by atoms with Crippen LogP contribution >= 0.6 is 0 Å². The van der Waals surface area contributed by atoms with E-state index in [-0.39, 0.29) is 0 Å². The summed E-state index contributed by atoms with van der Waals surface area (Å²) in [5, 5.41) is 0. The monoisotopic (exact) mass is 126 g/mol. The topological polar surface area (TPSA) is 0 Å². The third-order valence-corrected chi connectivity index (χ3v) is 1.51. The van der Waals surface area contributed by atoms with Crippen molar-refractivity contribution < 1.29 is 0 Å². The lowest BCUT2D eigenvalue weighted by atomic mass is 9.91. The van der Waals surface area contributed by atoms with Gasteiger partial charge in [0.1, 0.15) is 0 Å². The Labute approximate surface area is 59.0 Å². The first-order valence-corrected chi connectivity index (χ1v) is 3.86. The molecule has 0 bridgehead atoms. The molecule has 0 radical (unpaired) electrons. The minimum Gasteiger partial charge on any atom is -0.0880 e. The largest absolute Gasteiger partial charge is 0.0880 e. The molecule has 0 N–H and O–H groups in total. The zero-order valence-electron chi connectivity index (χ0n) is 7.07. The Morgan fingerprint density at radius 2 is 1.33 bits per heavy atom. The van der Waals surface area contributed by atoms with Gasteiger partial charge in [-0.1, -0.05) is 39.8 Å². The third kappa shape index (κ3) is 3.34. The molecule has 0 spiro atoms. The van der Waals surface area contributed by atoms with Gasteiger partial charge in [-0.05, 0) is 18.3 Å². The predicted octanol–water partition coefficient (Wildman–Crippen LogP) is 3.39. The Morgan fingerprint density at radius 1 is 1.00 bits per heavy atom. The van der Waals surface area contributed by atoms with E-state index >= 15 is 0 Å². The highest BCUT2D eigenvalue weighted by Gasteiger charge is 2.17. The minimum atomic E-state index is 0.583. The van der Waals surface area contributed by atoms with Gasteiger partial charge in [0.05, 0.1) is 0 Å². The van der Waals surface area contributed by atoms with Crippen molar-refractivity contribution in [1.82, 2.24) is 0 Å². The molecule has 0 unspecified atom stereocenters. The Morgan fingerprint density at radius 3 is 1.44 bits per heavy atom. The molecule has 0 aromatic heterocycles. The molecule has 0 atom stereocenters. The maximum atomic E-state index is 2.30. The van der Waals surface area contributed by atoms with E-state index in [2.05, 4.69) is 26.0 Å². The van der Waals surface area contributed by atoms with Crippen molar-refractivity contribution in [2.75, 3.05) is 0 Å². The van der Waals surface area contributed by atoms with Crippen LogP contribution < -0.4 is 0 Å². The highest BCUT2D eigenvalue weighted by atomic mass is 14.2. The SMILES string of the molecule is CC.CC1(C)CC=CC1. The zero-order chi connectivity index (χ0) is 7.33. The maximum Gasteiger partial charge on any atom is -0.0285 e. The summed E-state index contributed by atoms with van der Waals surface area (Å²) in [6.07, 6.45) is 7.07. The maximum absolute atomic E-state index is 2.30. The molecule has 0 heterocycles. The zero-order valence-corrected chi connectivity index (χ0v) is 7.07. The molecule has 0 aliphatic heterocycles. The lowest BCUT2D eigenvalue weighted by Gasteiger charge is -2.14. The van der Waals surface area contributed by atoms with Gasteiger partial charge < -0.3 is 0 Å². The molecule has 0 saturated carbocycles. The van der Waals surface area contributed by atoms with Gasteiger partial charge in [0, 0.05) is 0 Å². The molecule has 0 amide bonds. The molecule has 0 nitrogen and oxygen atoms in total. The van der Waals surface area contributed by atoms with Gasteiger partial charge in [-0.2, -0.15) is 0 Å². The first kappa shape index (κ1) is 8.74. The number of hydrogen-bond acceptors (Lipinski definition) is 0. The van der Waals surface area contributed by atoms with Crippen molar-refractivity contribution in [3.8, 4) is 0 Å². The average molecular weight is 126 g/mol. The van der Waals surface area contributed by atoms with Crippen LogP contribution in [0.3, 0.4) is 0 Å². The lowest BCUT2D eigenvalue weighted by molar-refractivity contribution is 0.399. The van der Waals surface area contributed by atoms with E-state index in [4.69, 9.17) is 0 Å². The van der Waals surface area contributed by atoms with Crippen LogP contribution in [0, 0.1) is 5.41 Å². The van der Waals surface area contributed by atoms with Gasteiger partial charge in [0.25, 0.3) is 0 Å². The van der Waals surface area contributed by atoms with Crippen LogP contribution in [0.1, 0.15) is 40.5 Å². The van der Waals surface area contributed by atoms with E-state index in [0.29, 0.717) is 5.41 Å². The van der Waals surface area contributed by atoms with Crippen LogP contribution in [0.2, 0.25) is 0 Å². The Bertz CT molecular complexity index is 78.2. The predicted molar refractivity (Wildman–Crippen MR) is 43.5 cm³/mol. The molecule has 54 valence electrons. The third-order valence-electron chi connectivity index (χ3n) is 1.51. The summed E-state index contributed by atoms with van der Waals surface area (Å²) in [5.74, 6) is 0. The first-order chi connectivity index (χ1) is 4.21. The molecule has 1 rings (SSSR count). The van der Waals surface area contributed by atoms with Crippen LogP contribution in [0.4, 0.5) is 0 Å². The minimum absolute atomic E-state index is 0.583. The molecule has 1 aliphatic carbocycles. The fourth-order valence-corrected chi connectivity index (χ4v) is 0.888. The van der Waals surface area contributed by atoms with Crippen LogP contribution in [0.15, 0.2) is 12.2 Å². The molecular formula is C9H18. The molecular weight excluding hydrogens is 108 g/mol. The van der Waals surface area contributed by atoms with Crippen molar-refractivity contribution in [3.63, 3.8) is 0 Å². The number of rotatable bonds is 0. The van der Waals surface area contributed by atoms with Gasteiger partial charge in [-0.3, -0.25) is 0 Å². The van der Waals surface area contributed by atoms with Crippen molar-refractivity contribution in [2.24, 2.45) is 5.41 Å². The normalized spacial score (nSPS) is 20.9. The van der Waals surface area contributed by atoms with Crippen molar-refractivity contribution in [3.05, 3.63) is 12.2 Å². The van der Waals surface area contributed by atoms with E-state index < -0.39 is 0 Å². The summed E-state index contributed by atoms with van der Waals surface area (Å²) in [7, 11) is 0. The molecule has 1 aliphatic rings. The Balaban J connectivity index is 0.000000291. The molecule has 0 aromatic rings. The van der Waals surface area contributed by atoms with Crippen molar-refractivity contribution in [2.45, 2.75) is 40.5 Å². The van der Waals surface area contributed by atoms with Gasteiger partial charge in [-0.15, -0.1) is 0 Å². The standard InChI is InChI=1S/C7H12.C2H6/c1-7(2)5-3-4-6-7;1-2/h3-4H,5-6H2,1-2H3;1-2H3. The van der Waals surface area contributed by atoms with E-state index in [1.54, 1.807) is 0 Å². The van der Waals surface area contributed by atoms with Gasteiger partial charge in [0.15, 0.2) is 0 Å². The summed E-state index contributed by atoms with van der Waals surface area (Å²) in [5.41, 5.74) is 0.583. The second kappa shape index (κ2) is 3.71. The van der Waals surface area contributed by atoms with E-state index in [1.165, 1.54) is 12.8 Å². The smallest absolute Gasteiger partial charge is 0.0285 e. The summed E-state index contributed by atoms with van der Waals surface area (Å²) in [4.78, 5) is 0. The number of hydrogen-bond donors (Lipinski definition) is 0. The fourth-order valence-electron chi connectivity index (χ4n) is 0.888. The van der Waals surface area contributed by atoms with E-state index in [9.17, 15) is 0 Å². The van der Waals surface area contributed by atoms with Gasteiger partial charge in [-0.25, -0.2) is 0 Å². The van der Waals surface area contributed by atoms with Gasteiger partial charge in [0.2, 0.25) is 0 Å². The molecule has 0 saturated heterocycles. The Hall–Kier alpha value is -0.260. The van der Waals surface area contributed by atoms with Crippen molar-refractivity contribution >= 4 is 0 Å². The molecule has 0 aromatic carbocycles. The number of allylic oxidation sites excluding steroid dienone is 2. The highest BCUT2D eigenvalue weighted by Crippen LogP contribution is 2.30. The fraction of sp³-hybridized carbons (Fsp3) is 0.778. The average Bonchev–Trinajstić information content (AvgIpc) is 2.19. The first-order valence-electron chi connectivity index (χ1n) is 3.86. The van der Waals surface area contributed by atoms with Crippen molar-refractivity contribution in [1.29, 1.82) is 0 Å². The molecule has 0 fully saturated rings. The second-order valence-corrected chi connectivity index (χ2v) is 3.04. The Kier molecular flexibility index (Phi) is 3.60. The second-order valence-electron chi connectivity index (χ2n) is 3.04. The summed E-state index contributed by atoms with van der Waals surface area (Å²) in [6, 6.07) is 0. The highest BCUT2D eigenvalue weighted by molar-refractivity contribution is 4.98. The van der Waals surface area contributed by atoms with E-state index in [0.717, 1.165) is 0 Å². The molecule has 9 heavy (non-hydrogen) atoms. The summed E-state index contributed by atoms with van der Waals surface area (Å²) in [6.45, 7) is 8.60. The lowest BCUT2D eigenvalue weighted by Crippen LogP contribution is -2.02.